The molecule has 0 heterocycles. The van der Waals surface area contributed by atoms with E-state index < -0.39 is 17.9 Å². The van der Waals surface area contributed by atoms with E-state index in [0.29, 0.717) is 5.56 Å². The largest absolute Gasteiger partial charge is 0.504 e. The number of phenols is 2. The standard InChI is InChI=1S/C11H13NO5/c1-6(13)12-8(11(16)17)4-7-2-3-9(14)10(15)5-7/h2-3,5,8,14-15H,4H2,1H3,(H,12,13)(H,16,17)/t8-/m1/s1. The highest BCUT2D eigenvalue weighted by atomic mass is 16.4. The Kier molecular flexibility index (Phi) is 3.92. The van der Waals surface area contributed by atoms with Gasteiger partial charge in [0.2, 0.25) is 5.91 Å². The summed E-state index contributed by atoms with van der Waals surface area (Å²) in [5.41, 5.74) is 0.501. The number of aromatic hydroxyl groups is 2. The molecular weight excluding hydrogens is 226 g/mol. The SMILES string of the molecule is CC(=O)N[C@H](Cc1ccc(O)c(O)c1)C(=O)O. The van der Waals surface area contributed by atoms with Gasteiger partial charge < -0.3 is 20.6 Å². The average Bonchev–Trinajstić information content (AvgIpc) is 2.21. The Hall–Kier alpha value is -2.24. The van der Waals surface area contributed by atoms with Gasteiger partial charge in [0, 0.05) is 13.3 Å². The van der Waals surface area contributed by atoms with Gasteiger partial charge in [0.1, 0.15) is 6.04 Å². The lowest BCUT2D eigenvalue weighted by Gasteiger charge is -2.13. The van der Waals surface area contributed by atoms with Crippen LogP contribution in [0.5, 0.6) is 11.5 Å². The second-order valence-corrected chi connectivity index (χ2v) is 3.62. The normalized spacial score (nSPS) is 11.8. The minimum atomic E-state index is -1.16. The number of hydrogen-bond acceptors (Lipinski definition) is 4. The minimum absolute atomic E-state index is 0.0305. The lowest BCUT2D eigenvalue weighted by atomic mass is 10.1. The third-order valence-electron chi connectivity index (χ3n) is 2.16. The Morgan fingerprint density at radius 1 is 1.29 bits per heavy atom. The highest BCUT2D eigenvalue weighted by Gasteiger charge is 2.19. The Morgan fingerprint density at radius 3 is 2.41 bits per heavy atom. The van der Waals surface area contributed by atoms with Crippen molar-refractivity contribution in [3.8, 4) is 11.5 Å². The van der Waals surface area contributed by atoms with Crippen LogP contribution < -0.4 is 5.32 Å². The van der Waals surface area contributed by atoms with Crippen molar-refractivity contribution in [1.82, 2.24) is 5.32 Å². The van der Waals surface area contributed by atoms with Gasteiger partial charge >= 0.3 is 5.97 Å². The fourth-order valence-corrected chi connectivity index (χ4v) is 1.38. The summed E-state index contributed by atoms with van der Waals surface area (Å²) in [4.78, 5) is 21.7. The molecule has 0 aromatic heterocycles. The first-order chi connectivity index (χ1) is 7.90. The summed E-state index contributed by atoms with van der Waals surface area (Å²) < 4.78 is 0. The van der Waals surface area contributed by atoms with Gasteiger partial charge in [-0.2, -0.15) is 0 Å². The van der Waals surface area contributed by atoms with Crippen LogP contribution in [0.4, 0.5) is 0 Å². The van der Waals surface area contributed by atoms with Gasteiger partial charge in [0.05, 0.1) is 0 Å². The number of carboxylic acids is 1. The Balaban J connectivity index is 2.82. The number of carbonyl (C=O) groups excluding carboxylic acids is 1. The number of benzene rings is 1. The van der Waals surface area contributed by atoms with Crippen molar-refractivity contribution in [3.63, 3.8) is 0 Å². The number of carbonyl (C=O) groups is 2. The number of phenolic OH excluding ortho intramolecular Hbond substituents is 2. The molecule has 0 saturated heterocycles. The molecule has 0 spiro atoms. The van der Waals surface area contributed by atoms with E-state index in [1.54, 1.807) is 0 Å². The monoisotopic (exact) mass is 239 g/mol. The molecule has 1 atom stereocenters. The first-order valence-corrected chi connectivity index (χ1v) is 4.91. The van der Waals surface area contributed by atoms with E-state index >= 15 is 0 Å². The van der Waals surface area contributed by atoms with Gasteiger partial charge in [0.25, 0.3) is 0 Å². The van der Waals surface area contributed by atoms with Gasteiger partial charge in [-0.3, -0.25) is 4.79 Å². The van der Waals surface area contributed by atoms with E-state index in [9.17, 15) is 14.7 Å². The molecule has 0 aliphatic carbocycles. The molecule has 6 nitrogen and oxygen atoms in total. The van der Waals surface area contributed by atoms with Gasteiger partial charge in [-0.05, 0) is 17.7 Å². The maximum Gasteiger partial charge on any atom is 0.326 e. The highest BCUT2D eigenvalue weighted by molar-refractivity contribution is 5.82. The lowest BCUT2D eigenvalue weighted by molar-refractivity contribution is -0.141. The molecule has 0 fully saturated rings. The summed E-state index contributed by atoms with van der Waals surface area (Å²) in [5, 5.41) is 29.5. The minimum Gasteiger partial charge on any atom is -0.504 e. The fraction of sp³-hybridized carbons (Fsp3) is 0.273. The summed E-state index contributed by atoms with van der Waals surface area (Å²) >= 11 is 0. The molecule has 0 aliphatic heterocycles. The second-order valence-electron chi connectivity index (χ2n) is 3.62. The molecule has 6 heteroatoms. The van der Waals surface area contributed by atoms with Crippen LogP contribution in [0.15, 0.2) is 18.2 Å². The van der Waals surface area contributed by atoms with Crippen molar-refractivity contribution in [2.24, 2.45) is 0 Å². The molecular formula is C11H13NO5. The molecule has 0 saturated carbocycles. The van der Waals surface area contributed by atoms with Crippen LogP contribution in [-0.2, 0) is 16.0 Å². The quantitative estimate of drug-likeness (QED) is 0.563. The predicted molar refractivity (Wildman–Crippen MR) is 58.7 cm³/mol. The first-order valence-electron chi connectivity index (χ1n) is 4.91. The number of nitrogens with one attached hydrogen (secondary N) is 1. The van der Waals surface area contributed by atoms with Crippen LogP contribution in [0, 0.1) is 0 Å². The van der Waals surface area contributed by atoms with Crippen molar-refractivity contribution < 1.29 is 24.9 Å². The van der Waals surface area contributed by atoms with E-state index in [2.05, 4.69) is 5.32 Å². The van der Waals surface area contributed by atoms with Gasteiger partial charge in [-0.1, -0.05) is 6.07 Å². The molecule has 1 aromatic rings. The van der Waals surface area contributed by atoms with E-state index in [-0.39, 0.29) is 17.9 Å². The maximum absolute atomic E-state index is 10.9. The molecule has 92 valence electrons. The molecule has 0 radical (unpaired) electrons. The number of rotatable bonds is 4. The van der Waals surface area contributed by atoms with Crippen LogP contribution in [-0.4, -0.2) is 33.2 Å². The number of amides is 1. The van der Waals surface area contributed by atoms with Gasteiger partial charge in [0.15, 0.2) is 11.5 Å². The summed E-state index contributed by atoms with van der Waals surface area (Å²) in [6.45, 7) is 1.23. The zero-order valence-electron chi connectivity index (χ0n) is 9.17. The third kappa shape index (κ3) is 3.67. The topological polar surface area (TPSA) is 107 Å². The first kappa shape index (κ1) is 12.8. The molecule has 0 aliphatic rings. The Morgan fingerprint density at radius 2 is 1.94 bits per heavy atom. The summed E-state index contributed by atoms with van der Waals surface area (Å²) in [7, 11) is 0. The molecule has 1 rings (SSSR count). The van der Waals surface area contributed by atoms with Crippen LogP contribution in [0.3, 0.4) is 0 Å². The molecule has 1 aromatic carbocycles. The average molecular weight is 239 g/mol. The van der Waals surface area contributed by atoms with Crippen molar-refractivity contribution in [1.29, 1.82) is 0 Å². The zero-order chi connectivity index (χ0) is 13.0. The van der Waals surface area contributed by atoms with Crippen molar-refractivity contribution in [3.05, 3.63) is 23.8 Å². The van der Waals surface area contributed by atoms with E-state index in [4.69, 9.17) is 10.2 Å². The fourth-order valence-electron chi connectivity index (χ4n) is 1.38. The molecule has 17 heavy (non-hydrogen) atoms. The number of hydrogen-bond donors (Lipinski definition) is 4. The number of aliphatic carboxylic acids is 1. The smallest absolute Gasteiger partial charge is 0.326 e. The van der Waals surface area contributed by atoms with Crippen LogP contribution in [0.1, 0.15) is 12.5 Å². The molecule has 0 bridgehead atoms. The van der Waals surface area contributed by atoms with Crippen molar-refractivity contribution in [2.75, 3.05) is 0 Å². The van der Waals surface area contributed by atoms with E-state index in [1.165, 1.54) is 25.1 Å². The van der Waals surface area contributed by atoms with Gasteiger partial charge in [-0.25, -0.2) is 4.79 Å². The molecule has 1 amide bonds. The predicted octanol–water partition coefficient (Wildman–Crippen LogP) is 0.230. The van der Waals surface area contributed by atoms with Crippen LogP contribution in [0.2, 0.25) is 0 Å². The maximum atomic E-state index is 10.9. The zero-order valence-corrected chi connectivity index (χ0v) is 9.17. The lowest BCUT2D eigenvalue weighted by Crippen LogP contribution is -2.41. The van der Waals surface area contributed by atoms with Crippen LogP contribution in [0.25, 0.3) is 0 Å². The van der Waals surface area contributed by atoms with Crippen molar-refractivity contribution in [2.45, 2.75) is 19.4 Å². The van der Waals surface area contributed by atoms with Gasteiger partial charge in [-0.15, -0.1) is 0 Å². The highest BCUT2D eigenvalue weighted by Crippen LogP contribution is 2.25. The summed E-state index contributed by atoms with van der Waals surface area (Å²) in [6.07, 6.45) is 0.0305. The summed E-state index contributed by atoms with van der Waals surface area (Å²) in [5.74, 6) is -2.21. The molecule has 4 N–H and O–H groups in total. The van der Waals surface area contributed by atoms with Crippen molar-refractivity contribution >= 4 is 11.9 Å². The number of carboxylic acid groups (broad SMARTS) is 1. The molecule has 0 unspecified atom stereocenters. The summed E-state index contributed by atoms with van der Waals surface area (Å²) in [6, 6.07) is 2.94. The van der Waals surface area contributed by atoms with E-state index in [1.807, 2.05) is 0 Å². The Bertz CT molecular complexity index is 443. The third-order valence-corrected chi connectivity index (χ3v) is 2.16. The van der Waals surface area contributed by atoms with Crippen LogP contribution >= 0.6 is 0 Å². The van der Waals surface area contributed by atoms with E-state index in [0.717, 1.165) is 0 Å². The Labute approximate surface area is 97.5 Å². The second kappa shape index (κ2) is 5.20.